The van der Waals surface area contributed by atoms with Crippen molar-refractivity contribution in [2.24, 2.45) is 0 Å². The molecule has 0 fully saturated rings. The van der Waals surface area contributed by atoms with Crippen LogP contribution in [0.15, 0.2) is 78.9 Å². The second-order valence-corrected chi connectivity index (χ2v) is 7.24. The molecule has 0 aliphatic rings. The van der Waals surface area contributed by atoms with Gasteiger partial charge in [-0.05, 0) is 45.3 Å². The Hall–Kier alpha value is -4.19. The van der Waals surface area contributed by atoms with Crippen LogP contribution in [0, 0.1) is 0 Å². The maximum absolute atomic E-state index is 12.9. The van der Waals surface area contributed by atoms with E-state index in [0.29, 0.717) is 11.1 Å². The van der Waals surface area contributed by atoms with Crippen LogP contribution >= 0.6 is 0 Å². The monoisotopic (exact) mass is 427 g/mol. The first-order valence-electron chi connectivity index (χ1n) is 10.1. The molecule has 1 amide bonds. The van der Waals surface area contributed by atoms with Gasteiger partial charge >= 0.3 is 11.9 Å². The molecule has 0 saturated carbocycles. The summed E-state index contributed by atoms with van der Waals surface area (Å²) in [6.07, 6.45) is 0. The fourth-order valence-corrected chi connectivity index (χ4v) is 3.57. The van der Waals surface area contributed by atoms with Crippen molar-refractivity contribution >= 4 is 39.4 Å². The topological polar surface area (TPSA) is 81.7 Å². The molecule has 0 aliphatic carbocycles. The second kappa shape index (κ2) is 9.31. The summed E-state index contributed by atoms with van der Waals surface area (Å²) in [7, 11) is 1.32. The van der Waals surface area contributed by atoms with Crippen molar-refractivity contribution in [1.29, 1.82) is 0 Å². The largest absolute Gasteiger partial charge is 0.465 e. The molecule has 4 aromatic carbocycles. The predicted octanol–water partition coefficient (Wildman–Crippen LogP) is 4.25. The highest BCUT2D eigenvalue weighted by molar-refractivity contribution is 6.16. The Kier molecular flexibility index (Phi) is 6.12. The van der Waals surface area contributed by atoms with Gasteiger partial charge in [-0.15, -0.1) is 0 Å². The molecule has 0 aliphatic heterocycles. The molecule has 6 nitrogen and oxygen atoms in total. The predicted molar refractivity (Wildman–Crippen MR) is 121 cm³/mol. The summed E-state index contributed by atoms with van der Waals surface area (Å²) in [6.45, 7) is -0.147. The summed E-state index contributed by atoms with van der Waals surface area (Å²) >= 11 is 0. The average Bonchev–Trinajstić information content (AvgIpc) is 2.84. The molecule has 1 N–H and O–H groups in total. The number of hydrogen-bond donors (Lipinski definition) is 1. The molecule has 32 heavy (non-hydrogen) atoms. The van der Waals surface area contributed by atoms with Gasteiger partial charge in [-0.3, -0.25) is 4.79 Å². The number of methoxy groups -OCH3 is 1. The normalized spacial score (nSPS) is 10.7. The molecule has 0 heterocycles. The molecule has 0 unspecified atom stereocenters. The Morgan fingerprint density at radius 1 is 0.781 bits per heavy atom. The molecule has 0 radical (unpaired) electrons. The van der Waals surface area contributed by atoms with E-state index in [4.69, 9.17) is 4.74 Å². The molecular weight excluding hydrogens is 406 g/mol. The fourth-order valence-electron chi connectivity index (χ4n) is 3.57. The SMILES string of the molecule is COC(=O)c1ccc(CNC(=O)COC(=O)c2c3ccccc3cc3ccccc23)cc1. The first kappa shape index (κ1) is 21.1. The Morgan fingerprint density at radius 2 is 1.38 bits per heavy atom. The Labute approximate surface area is 184 Å². The van der Waals surface area contributed by atoms with Crippen LogP contribution in [0.25, 0.3) is 21.5 Å². The summed E-state index contributed by atoms with van der Waals surface area (Å²) in [5.74, 6) is -1.39. The number of carbonyl (C=O) groups excluding carboxylic acids is 3. The molecule has 4 rings (SSSR count). The van der Waals surface area contributed by atoms with E-state index < -0.39 is 24.5 Å². The van der Waals surface area contributed by atoms with Gasteiger partial charge < -0.3 is 14.8 Å². The van der Waals surface area contributed by atoms with Gasteiger partial charge in [0.2, 0.25) is 0 Å². The third-order valence-electron chi connectivity index (χ3n) is 5.17. The van der Waals surface area contributed by atoms with Crippen LogP contribution in [-0.4, -0.2) is 31.6 Å². The van der Waals surface area contributed by atoms with Gasteiger partial charge in [0, 0.05) is 6.54 Å². The Bertz CT molecular complexity index is 1260. The van der Waals surface area contributed by atoms with Crippen LogP contribution in [0.2, 0.25) is 0 Å². The zero-order valence-electron chi connectivity index (χ0n) is 17.5. The number of benzene rings is 4. The lowest BCUT2D eigenvalue weighted by Gasteiger charge is -2.11. The van der Waals surface area contributed by atoms with Crippen LogP contribution in [0.3, 0.4) is 0 Å². The van der Waals surface area contributed by atoms with Gasteiger partial charge in [0.25, 0.3) is 5.91 Å². The highest BCUT2D eigenvalue weighted by atomic mass is 16.5. The highest BCUT2D eigenvalue weighted by Crippen LogP contribution is 2.29. The number of esters is 2. The molecule has 0 spiro atoms. The number of ether oxygens (including phenoxy) is 2. The first-order chi connectivity index (χ1) is 15.6. The fraction of sp³-hybridized carbons (Fsp3) is 0.115. The molecule has 6 heteroatoms. The Balaban J connectivity index is 1.43. The van der Waals surface area contributed by atoms with E-state index in [1.807, 2.05) is 54.6 Å². The van der Waals surface area contributed by atoms with Crippen molar-refractivity contribution in [2.45, 2.75) is 6.54 Å². The maximum Gasteiger partial charge on any atom is 0.339 e. The van der Waals surface area contributed by atoms with Gasteiger partial charge in [-0.1, -0.05) is 60.7 Å². The molecule has 0 atom stereocenters. The van der Waals surface area contributed by atoms with Gasteiger partial charge in [0.1, 0.15) is 0 Å². The van der Waals surface area contributed by atoms with Crippen molar-refractivity contribution in [1.82, 2.24) is 5.32 Å². The lowest BCUT2D eigenvalue weighted by atomic mass is 9.97. The van der Waals surface area contributed by atoms with Crippen LogP contribution in [-0.2, 0) is 20.8 Å². The zero-order valence-corrected chi connectivity index (χ0v) is 17.5. The first-order valence-corrected chi connectivity index (χ1v) is 10.1. The number of amides is 1. The molecule has 160 valence electrons. The molecule has 0 saturated heterocycles. The van der Waals surface area contributed by atoms with E-state index >= 15 is 0 Å². The summed E-state index contributed by atoms with van der Waals surface area (Å²) in [6, 6.07) is 23.9. The number of rotatable bonds is 6. The summed E-state index contributed by atoms with van der Waals surface area (Å²) in [5.41, 5.74) is 1.68. The van der Waals surface area contributed by atoms with Gasteiger partial charge in [-0.25, -0.2) is 9.59 Å². The number of hydrogen-bond acceptors (Lipinski definition) is 5. The van der Waals surface area contributed by atoms with Gasteiger partial charge in [-0.2, -0.15) is 0 Å². The highest BCUT2D eigenvalue weighted by Gasteiger charge is 2.17. The standard InChI is InChI=1S/C26H21NO5/c1-31-25(29)18-12-10-17(11-13-18)15-27-23(28)16-32-26(30)24-21-8-4-2-6-19(21)14-20-7-3-5-9-22(20)24/h2-14H,15-16H2,1H3,(H,27,28). The van der Waals surface area contributed by atoms with E-state index in [9.17, 15) is 14.4 Å². The minimum absolute atomic E-state index is 0.245. The smallest absolute Gasteiger partial charge is 0.339 e. The second-order valence-electron chi connectivity index (χ2n) is 7.24. The van der Waals surface area contributed by atoms with E-state index in [1.165, 1.54) is 7.11 Å². The van der Waals surface area contributed by atoms with Crippen LogP contribution < -0.4 is 5.32 Å². The van der Waals surface area contributed by atoms with E-state index in [1.54, 1.807) is 24.3 Å². The van der Waals surface area contributed by atoms with Crippen LogP contribution in [0.4, 0.5) is 0 Å². The van der Waals surface area contributed by atoms with Crippen molar-refractivity contribution in [3.05, 3.63) is 95.6 Å². The van der Waals surface area contributed by atoms with E-state index in [-0.39, 0.29) is 6.54 Å². The Morgan fingerprint density at radius 3 is 1.97 bits per heavy atom. The third kappa shape index (κ3) is 4.44. The van der Waals surface area contributed by atoms with Crippen molar-refractivity contribution < 1.29 is 23.9 Å². The van der Waals surface area contributed by atoms with E-state index in [2.05, 4.69) is 10.1 Å². The van der Waals surface area contributed by atoms with Crippen molar-refractivity contribution in [2.75, 3.05) is 13.7 Å². The van der Waals surface area contributed by atoms with E-state index in [0.717, 1.165) is 27.1 Å². The number of nitrogens with one attached hydrogen (secondary N) is 1. The van der Waals surface area contributed by atoms with Crippen LogP contribution in [0.5, 0.6) is 0 Å². The zero-order chi connectivity index (χ0) is 22.5. The van der Waals surface area contributed by atoms with Gasteiger partial charge in [0.15, 0.2) is 6.61 Å². The number of carbonyl (C=O) groups is 3. The van der Waals surface area contributed by atoms with Crippen molar-refractivity contribution in [3.63, 3.8) is 0 Å². The minimum atomic E-state index is -0.546. The summed E-state index contributed by atoms with van der Waals surface area (Å²) in [5, 5.41) is 6.13. The quantitative estimate of drug-likeness (QED) is 0.367. The molecule has 0 bridgehead atoms. The average molecular weight is 427 g/mol. The van der Waals surface area contributed by atoms with Crippen LogP contribution in [0.1, 0.15) is 26.3 Å². The number of fused-ring (bicyclic) bond motifs is 2. The summed E-state index contributed by atoms with van der Waals surface area (Å²) < 4.78 is 10.0. The maximum atomic E-state index is 12.9. The third-order valence-corrected chi connectivity index (χ3v) is 5.17. The molecular formula is C26H21NO5. The van der Waals surface area contributed by atoms with Gasteiger partial charge in [0.05, 0.1) is 18.2 Å². The lowest BCUT2D eigenvalue weighted by Crippen LogP contribution is -2.28. The van der Waals surface area contributed by atoms with Crippen molar-refractivity contribution in [3.8, 4) is 0 Å². The summed E-state index contributed by atoms with van der Waals surface area (Å²) in [4.78, 5) is 36.7. The lowest BCUT2D eigenvalue weighted by molar-refractivity contribution is -0.124. The minimum Gasteiger partial charge on any atom is -0.465 e. The molecule has 0 aromatic heterocycles. The molecule has 4 aromatic rings.